The van der Waals surface area contributed by atoms with Crippen LogP contribution in [0.5, 0.6) is 5.75 Å². The van der Waals surface area contributed by atoms with E-state index >= 15 is 0 Å². The number of rotatable bonds is 9. The second-order valence-corrected chi connectivity index (χ2v) is 8.85. The number of carbonyl (C=O) groups excluding carboxylic acids is 1. The number of carbonyl (C=O) groups is 1. The zero-order chi connectivity index (χ0) is 22.3. The Morgan fingerprint density at radius 3 is 2.45 bits per heavy atom. The Morgan fingerprint density at radius 2 is 1.71 bits per heavy atom. The van der Waals surface area contributed by atoms with E-state index < -0.39 is 16.1 Å². The van der Waals surface area contributed by atoms with E-state index in [9.17, 15) is 13.2 Å². The zero-order valence-electron chi connectivity index (χ0n) is 17.5. The molecule has 0 aliphatic carbocycles. The van der Waals surface area contributed by atoms with E-state index in [0.29, 0.717) is 18.5 Å². The third-order valence-electron chi connectivity index (χ3n) is 4.87. The highest BCUT2D eigenvalue weighted by molar-refractivity contribution is 7.89. The van der Waals surface area contributed by atoms with E-state index in [1.807, 2.05) is 54.6 Å². The van der Waals surface area contributed by atoms with E-state index in [-0.39, 0.29) is 10.8 Å². The molecule has 3 rings (SSSR count). The van der Waals surface area contributed by atoms with Gasteiger partial charge in [0, 0.05) is 18.2 Å². The summed E-state index contributed by atoms with van der Waals surface area (Å²) >= 11 is 0. The fraction of sp³-hybridized carbons (Fsp3) is 0.208. The van der Waals surface area contributed by atoms with Gasteiger partial charge in [0.25, 0.3) is 5.91 Å². The van der Waals surface area contributed by atoms with Crippen LogP contribution in [0.3, 0.4) is 0 Å². The molecule has 0 aliphatic rings. The molecule has 6 nitrogen and oxygen atoms in total. The maximum atomic E-state index is 12.8. The van der Waals surface area contributed by atoms with Gasteiger partial charge in [-0.25, -0.2) is 13.1 Å². The maximum Gasteiger partial charge on any atom is 0.251 e. The lowest BCUT2D eigenvalue weighted by molar-refractivity contribution is 0.0954. The summed E-state index contributed by atoms with van der Waals surface area (Å²) in [7, 11) is -2.17. The molecule has 0 heterocycles. The van der Waals surface area contributed by atoms with Crippen molar-refractivity contribution >= 4 is 15.9 Å². The second kappa shape index (κ2) is 10.2. The zero-order valence-corrected chi connectivity index (χ0v) is 18.4. The molecule has 0 radical (unpaired) electrons. The number of hydrogen-bond donors (Lipinski definition) is 2. The van der Waals surface area contributed by atoms with Gasteiger partial charge in [-0.05, 0) is 54.8 Å². The molecule has 1 atom stereocenters. The molecule has 0 spiro atoms. The van der Waals surface area contributed by atoms with E-state index in [1.54, 1.807) is 26.2 Å². The van der Waals surface area contributed by atoms with Gasteiger partial charge < -0.3 is 10.1 Å². The van der Waals surface area contributed by atoms with Crippen LogP contribution in [-0.4, -0.2) is 28.0 Å². The van der Waals surface area contributed by atoms with Crippen molar-refractivity contribution in [3.8, 4) is 5.75 Å². The van der Waals surface area contributed by atoms with E-state index in [0.717, 1.165) is 16.9 Å². The number of nitrogens with one attached hydrogen (secondary N) is 2. The fourth-order valence-corrected chi connectivity index (χ4v) is 4.44. The molecular weight excluding hydrogens is 412 g/mol. The first-order valence-corrected chi connectivity index (χ1v) is 11.5. The minimum Gasteiger partial charge on any atom is -0.497 e. The lowest BCUT2D eigenvalue weighted by atomic mass is 10.1. The molecular formula is C24H26N2O4S. The van der Waals surface area contributed by atoms with E-state index in [1.165, 1.54) is 12.1 Å². The van der Waals surface area contributed by atoms with Crippen molar-refractivity contribution in [1.29, 1.82) is 0 Å². The van der Waals surface area contributed by atoms with Crippen molar-refractivity contribution in [2.45, 2.75) is 24.3 Å². The van der Waals surface area contributed by atoms with Crippen molar-refractivity contribution in [2.75, 3.05) is 13.7 Å². The van der Waals surface area contributed by atoms with Gasteiger partial charge >= 0.3 is 0 Å². The largest absolute Gasteiger partial charge is 0.497 e. The third kappa shape index (κ3) is 6.16. The van der Waals surface area contributed by atoms with Gasteiger partial charge in [-0.2, -0.15) is 0 Å². The first kappa shape index (κ1) is 22.5. The molecule has 1 unspecified atom stereocenters. The number of ether oxygens (including phenoxy) is 1. The standard InChI is InChI=1S/C24H26N2O4S/c1-18(20-9-4-3-5-10-20)26-31(28,29)23-13-7-11-21(17-23)24(27)25-15-14-19-8-6-12-22(16-19)30-2/h3-13,16-18,26H,14-15H2,1-2H3,(H,25,27). The molecule has 0 fully saturated rings. The second-order valence-electron chi connectivity index (χ2n) is 7.14. The number of sulfonamides is 1. The Morgan fingerprint density at radius 1 is 0.968 bits per heavy atom. The average Bonchev–Trinajstić information content (AvgIpc) is 2.79. The summed E-state index contributed by atoms with van der Waals surface area (Å²) in [6.45, 7) is 2.20. The molecule has 31 heavy (non-hydrogen) atoms. The van der Waals surface area contributed by atoms with Gasteiger partial charge in [-0.3, -0.25) is 4.79 Å². The predicted molar refractivity (Wildman–Crippen MR) is 121 cm³/mol. The SMILES string of the molecule is COc1cccc(CCNC(=O)c2cccc(S(=O)(=O)NC(C)c3ccccc3)c2)c1. The molecule has 3 aromatic carbocycles. The van der Waals surface area contributed by atoms with E-state index in [4.69, 9.17) is 4.74 Å². The number of methoxy groups -OCH3 is 1. The van der Waals surface area contributed by atoms with Crippen LogP contribution in [0.25, 0.3) is 0 Å². The first-order valence-electron chi connectivity index (χ1n) is 9.97. The summed E-state index contributed by atoms with van der Waals surface area (Å²) in [5.74, 6) is 0.440. The van der Waals surface area contributed by atoms with Crippen molar-refractivity contribution in [3.63, 3.8) is 0 Å². The number of hydrogen-bond acceptors (Lipinski definition) is 4. The highest BCUT2D eigenvalue weighted by atomic mass is 32.2. The van der Waals surface area contributed by atoms with E-state index in [2.05, 4.69) is 10.0 Å². The van der Waals surface area contributed by atoms with Gasteiger partial charge in [0.15, 0.2) is 0 Å². The molecule has 1 amide bonds. The average molecular weight is 439 g/mol. The maximum absolute atomic E-state index is 12.8. The lowest BCUT2D eigenvalue weighted by Crippen LogP contribution is -2.28. The first-order chi connectivity index (χ1) is 14.9. The summed E-state index contributed by atoms with van der Waals surface area (Å²) < 4.78 is 33.5. The van der Waals surface area contributed by atoms with Crippen LogP contribution in [0.1, 0.15) is 34.5 Å². The monoisotopic (exact) mass is 438 g/mol. The molecule has 2 N–H and O–H groups in total. The number of benzene rings is 3. The van der Waals surface area contributed by atoms with Crippen molar-refractivity contribution in [3.05, 3.63) is 95.6 Å². The van der Waals surface area contributed by atoms with Crippen LogP contribution < -0.4 is 14.8 Å². The summed E-state index contributed by atoms with van der Waals surface area (Å²) in [4.78, 5) is 12.6. The summed E-state index contributed by atoms with van der Waals surface area (Å²) in [5, 5.41) is 2.84. The Hall–Kier alpha value is -3.16. The molecule has 3 aromatic rings. The summed E-state index contributed by atoms with van der Waals surface area (Å²) in [6.07, 6.45) is 0.636. The van der Waals surface area contributed by atoms with Gasteiger partial charge in [-0.15, -0.1) is 0 Å². The Labute approximate surface area is 183 Å². The summed E-state index contributed by atoms with van der Waals surface area (Å²) in [5.41, 5.74) is 2.19. The smallest absolute Gasteiger partial charge is 0.251 e. The highest BCUT2D eigenvalue weighted by Gasteiger charge is 2.19. The normalized spacial score (nSPS) is 12.2. The molecule has 7 heteroatoms. The lowest BCUT2D eigenvalue weighted by Gasteiger charge is -2.15. The molecule has 0 aromatic heterocycles. The molecule has 0 aliphatic heterocycles. The Bertz CT molecular complexity index is 1130. The van der Waals surface area contributed by atoms with Crippen LogP contribution in [0.2, 0.25) is 0 Å². The topological polar surface area (TPSA) is 84.5 Å². The van der Waals surface area contributed by atoms with Crippen LogP contribution in [0.15, 0.2) is 83.8 Å². The van der Waals surface area contributed by atoms with Crippen molar-refractivity contribution in [2.24, 2.45) is 0 Å². The molecule has 0 saturated heterocycles. The third-order valence-corrected chi connectivity index (χ3v) is 6.41. The van der Waals surface area contributed by atoms with Crippen LogP contribution in [-0.2, 0) is 16.4 Å². The van der Waals surface area contributed by atoms with Crippen LogP contribution in [0.4, 0.5) is 0 Å². The molecule has 0 bridgehead atoms. The highest BCUT2D eigenvalue weighted by Crippen LogP contribution is 2.18. The van der Waals surface area contributed by atoms with Gasteiger partial charge in [0.1, 0.15) is 5.75 Å². The predicted octanol–water partition coefficient (Wildman–Crippen LogP) is 3.71. The molecule has 0 saturated carbocycles. The van der Waals surface area contributed by atoms with Crippen molar-refractivity contribution < 1.29 is 17.9 Å². The van der Waals surface area contributed by atoms with Crippen molar-refractivity contribution in [1.82, 2.24) is 10.0 Å². The Kier molecular flexibility index (Phi) is 7.44. The number of amides is 1. The minimum atomic E-state index is -3.78. The van der Waals surface area contributed by atoms with Gasteiger partial charge in [-0.1, -0.05) is 48.5 Å². The van der Waals surface area contributed by atoms with Crippen LogP contribution in [0, 0.1) is 0 Å². The minimum absolute atomic E-state index is 0.0516. The fourth-order valence-electron chi connectivity index (χ4n) is 3.17. The van der Waals surface area contributed by atoms with Crippen LogP contribution >= 0.6 is 0 Å². The van der Waals surface area contributed by atoms with Gasteiger partial charge in [0.2, 0.25) is 10.0 Å². The molecule has 162 valence electrons. The Balaban J connectivity index is 1.63. The summed E-state index contributed by atoms with van der Waals surface area (Å²) in [6, 6.07) is 22.6. The quantitative estimate of drug-likeness (QED) is 0.533. The van der Waals surface area contributed by atoms with Gasteiger partial charge in [0.05, 0.1) is 12.0 Å².